The van der Waals surface area contributed by atoms with Crippen LogP contribution in [-0.4, -0.2) is 13.4 Å². The van der Waals surface area contributed by atoms with Crippen LogP contribution in [0.25, 0.3) is 0 Å². The number of hydrogen-bond acceptors (Lipinski definition) is 3. The summed E-state index contributed by atoms with van der Waals surface area (Å²) in [5.41, 5.74) is 2.06. The maximum atomic E-state index is 12.4. The average molecular weight is 311 g/mol. The van der Waals surface area contributed by atoms with Gasteiger partial charge in [0.25, 0.3) is 10.0 Å². The zero-order valence-electron chi connectivity index (χ0n) is 11.4. The van der Waals surface area contributed by atoms with Gasteiger partial charge in [-0.3, -0.25) is 4.72 Å². The van der Waals surface area contributed by atoms with Crippen molar-refractivity contribution < 1.29 is 8.42 Å². The minimum Gasteiger partial charge on any atom is -0.263 e. The van der Waals surface area contributed by atoms with Gasteiger partial charge >= 0.3 is 0 Å². The number of rotatable bonds is 3. The summed E-state index contributed by atoms with van der Waals surface area (Å²) in [4.78, 5) is 4.35. The van der Waals surface area contributed by atoms with Crippen LogP contribution >= 0.6 is 11.6 Å². The number of anilines is 1. The maximum absolute atomic E-state index is 12.4. The lowest BCUT2D eigenvalue weighted by Gasteiger charge is -2.11. The van der Waals surface area contributed by atoms with Crippen LogP contribution in [0.1, 0.15) is 16.8 Å². The summed E-state index contributed by atoms with van der Waals surface area (Å²) in [6, 6.07) is 8.38. The Morgan fingerprint density at radius 2 is 1.80 bits per heavy atom. The molecule has 0 aliphatic rings. The van der Waals surface area contributed by atoms with Gasteiger partial charge in [-0.1, -0.05) is 17.7 Å². The maximum Gasteiger partial charge on any atom is 0.263 e. The number of pyridine rings is 1. The Balaban J connectivity index is 2.43. The first-order valence-corrected chi connectivity index (χ1v) is 7.89. The van der Waals surface area contributed by atoms with Crippen LogP contribution in [0.5, 0.6) is 0 Å². The first-order valence-electron chi connectivity index (χ1n) is 6.03. The van der Waals surface area contributed by atoms with Crippen molar-refractivity contribution in [3.8, 4) is 0 Å². The van der Waals surface area contributed by atoms with Gasteiger partial charge < -0.3 is 0 Å². The van der Waals surface area contributed by atoms with E-state index in [-0.39, 0.29) is 4.90 Å². The number of nitrogens with one attached hydrogen (secondary N) is 1. The molecule has 0 bridgehead atoms. The Kier molecular flexibility index (Phi) is 4.01. The van der Waals surface area contributed by atoms with Crippen molar-refractivity contribution >= 4 is 27.4 Å². The molecule has 0 saturated heterocycles. The smallest absolute Gasteiger partial charge is 0.263 e. The highest BCUT2D eigenvalue weighted by Crippen LogP contribution is 2.25. The van der Waals surface area contributed by atoms with Crippen LogP contribution in [0.15, 0.2) is 35.2 Å². The lowest BCUT2D eigenvalue weighted by atomic mass is 10.2. The highest BCUT2D eigenvalue weighted by Gasteiger charge is 2.18. The van der Waals surface area contributed by atoms with Crippen LogP contribution in [0.3, 0.4) is 0 Å². The van der Waals surface area contributed by atoms with Crippen molar-refractivity contribution in [2.75, 3.05) is 4.72 Å². The summed E-state index contributed by atoms with van der Waals surface area (Å²) in [6.07, 6.45) is 0. The third-order valence-corrected chi connectivity index (χ3v) is 4.78. The molecule has 0 atom stereocenters. The lowest BCUT2D eigenvalue weighted by Crippen LogP contribution is -2.15. The van der Waals surface area contributed by atoms with Crippen molar-refractivity contribution in [1.29, 1.82) is 0 Å². The van der Waals surface area contributed by atoms with Gasteiger partial charge in [0.05, 0.1) is 4.90 Å². The first kappa shape index (κ1) is 14.8. The number of hydrogen-bond donors (Lipinski definition) is 1. The molecule has 1 heterocycles. The second-order valence-electron chi connectivity index (χ2n) is 4.64. The van der Waals surface area contributed by atoms with Crippen LogP contribution < -0.4 is 4.72 Å². The Hall–Kier alpha value is -1.59. The van der Waals surface area contributed by atoms with Crippen LogP contribution in [0.2, 0.25) is 5.02 Å². The monoisotopic (exact) mass is 310 g/mol. The van der Waals surface area contributed by atoms with Crippen LogP contribution in [0.4, 0.5) is 5.82 Å². The predicted molar refractivity (Wildman–Crippen MR) is 80.7 cm³/mol. The van der Waals surface area contributed by atoms with Crippen molar-refractivity contribution in [2.24, 2.45) is 0 Å². The number of nitrogens with zero attached hydrogens (tertiary/aromatic N) is 1. The Bertz CT molecular complexity index is 758. The first-order chi connectivity index (χ1) is 9.29. The normalized spacial score (nSPS) is 11.4. The van der Waals surface area contributed by atoms with Gasteiger partial charge in [-0.2, -0.15) is 0 Å². The fraction of sp³-hybridized carbons (Fsp3) is 0.214. The molecule has 1 aromatic heterocycles. The topological polar surface area (TPSA) is 59.1 Å². The molecule has 0 spiro atoms. The number of aromatic nitrogens is 1. The molecule has 1 aromatic carbocycles. The molecule has 4 nitrogen and oxygen atoms in total. The van der Waals surface area contributed by atoms with E-state index in [1.54, 1.807) is 51.1 Å². The zero-order chi connectivity index (χ0) is 14.9. The Labute approximate surface area is 123 Å². The highest BCUT2D eigenvalue weighted by atomic mass is 35.5. The van der Waals surface area contributed by atoms with Gasteiger partial charge in [-0.15, -0.1) is 0 Å². The van der Waals surface area contributed by atoms with E-state index in [0.717, 1.165) is 11.3 Å². The van der Waals surface area contributed by atoms with Gasteiger partial charge in [-0.25, -0.2) is 13.4 Å². The summed E-state index contributed by atoms with van der Waals surface area (Å²) in [5.74, 6) is 0.303. The van der Waals surface area contributed by atoms with E-state index in [1.165, 1.54) is 0 Å². The van der Waals surface area contributed by atoms with Crippen LogP contribution in [0, 0.1) is 20.8 Å². The van der Waals surface area contributed by atoms with E-state index in [2.05, 4.69) is 9.71 Å². The van der Waals surface area contributed by atoms with Crippen LogP contribution in [-0.2, 0) is 10.0 Å². The minimum absolute atomic E-state index is 0.211. The van der Waals surface area contributed by atoms with Gasteiger partial charge in [0.2, 0.25) is 0 Å². The van der Waals surface area contributed by atoms with E-state index >= 15 is 0 Å². The summed E-state index contributed by atoms with van der Waals surface area (Å²) < 4.78 is 27.3. The molecule has 20 heavy (non-hydrogen) atoms. The fourth-order valence-corrected chi connectivity index (χ4v) is 3.37. The lowest BCUT2D eigenvalue weighted by molar-refractivity contribution is 0.600. The number of sulfonamides is 1. The molecular formula is C14H15ClN2O2S. The quantitative estimate of drug-likeness (QED) is 0.944. The molecule has 106 valence electrons. The second kappa shape index (κ2) is 5.42. The Morgan fingerprint density at radius 3 is 2.45 bits per heavy atom. The largest absolute Gasteiger partial charge is 0.263 e. The molecule has 0 aliphatic carbocycles. The summed E-state index contributed by atoms with van der Waals surface area (Å²) in [7, 11) is -3.67. The molecule has 1 N–H and O–H groups in total. The van der Waals surface area contributed by atoms with E-state index in [0.29, 0.717) is 16.4 Å². The van der Waals surface area contributed by atoms with Crippen molar-refractivity contribution in [3.05, 3.63) is 52.2 Å². The predicted octanol–water partition coefficient (Wildman–Crippen LogP) is 3.46. The standard InChI is InChI=1S/C14H15ClN2O2S/c1-9-8-13(10(2)7-12(9)15)20(18,19)17-14-6-4-5-11(3)16-14/h4-8H,1-3H3,(H,16,17). The third kappa shape index (κ3) is 3.11. The van der Waals surface area contributed by atoms with Crippen molar-refractivity contribution in [2.45, 2.75) is 25.7 Å². The molecule has 0 unspecified atom stereocenters. The SMILES string of the molecule is Cc1cccc(NS(=O)(=O)c2cc(C)c(Cl)cc2C)n1. The van der Waals surface area contributed by atoms with Gasteiger partial charge in [0, 0.05) is 10.7 Å². The van der Waals surface area contributed by atoms with Gasteiger partial charge in [0.15, 0.2) is 0 Å². The molecule has 0 amide bonds. The molecule has 0 saturated carbocycles. The Morgan fingerprint density at radius 1 is 1.10 bits per heavy atom. The number of benzene rings is 1. The summed E-state index contributed by atoms with van der Waals surface area (Å²) >= 11 is 5.99. The van der Waals surface area contributed by atoms with Crippen molar-refractivity contribution in [1.82, 2.24) is 4.98 Å². The third-order valence-electron chi connectivity index (χ3n) is 2.87. The van der Waals surface area contributed by atoms with Gasteiger partial charge in [-0.05, 0) is 56.2 Å². The van der Waals surface area contributed by atoms with E-state index in [1.807, 2.05) is 0 Å². The summed E-state index contributed by atoms with van der Waals surface area (Å²) in [6.45, 7) is 5.28. The van der Waals surface area contributed by atoms with Crippen molar-refractivity contribution in [3.63, 3.8) is 0 Å². The molecular weight excluding hydrogens is 296 g/mol. The molecule has 0 aliphatic heterocycles. The van der Waals surface area contributed by atoms with E-state index in [4.69, 9.17) is 11.6 Å². The van der Waals surface area contributed by atoms with E-state index in [9.17, 15) is 8.42 Å². The molecule has 2 rings (SSSR count). The van der Waals surface area contributed by atoms with E-state index < -0.39 is 10.0 Å². The highest BCUT2D eigenvalue weighted by molar-refractivity contribution is 7.92. The number of halogens is 1. The van der Waals surface area contributed by atoms with Gasteiger partial charge in [0.1, 0.15) is 5.82 Å². The second-order valence-corrected chi connectivity index (χ2v) is 6.69. The number of aryl methyl sites for hydroxylation is 3. The minimum atomic E-state index is -3.67. The average Bonchev–Trinajstić information content (AvgIpc) is 2.33. The molecule has 6 heteroatoms. The molecule has 0 fully saturated rings. The fourth-order valence-electron chi connectivity index (χ4n) is 1.84. The zero-order valence-corrected chi connectivity index (χ0v) is 13.0. The summed E-state index contributed by atoms with van der Waals surface area (Å²) in [5, 5.41) is 0.551. The molecule has 2 aromatic rings. The molecule has 0 radical (unpaired) electrons.